The Labute approximate surface area is 234 Å². The molecule has 7 heteroatoms. The van der Waals surface area contributed by atoms with Crippen LogP contribution >= 0.6 is 0 Å². The first-order chi connectivity index (χ1) is 17.5. The third-order valence-electron chi connectivity index (χ3n) is 8.22. The number of hydrogen-bond donors (Lipinski definition) is 2. The van der Waals surface area contributed by atoms with Crippen molar-refractivity contribution in [2.45, 2.75) is 103 Å². The van der Waals surface area contributed by atoms with Gasteiger partial charge in [-0.25, -0.2) is 4.79 Å². The first kappa shape index (κ1) is 32.3. The monoisotopic (exact) mass is 556 g/mol. The molecule has 5 nitrogen and oxygen atoms in total. The molecule has 2 amide bonds. The van der Waals surface area contributed by atoms with E-state index in [4.69, 9.17) is 8.85 Å². The maximum absolute atomic E-state index is 13.4. The van der Waals surface area contributed by atoms with Crippen LogP contribution in [0.25, 0.3) is 0 Å². The number of benzene rings is 2. The largest absolute Gasteiger partial charge is 0.415 e. The summed E-state index contributed by atoms with van der Waals surface area (Å²) in [5.74, 6) is 0. The molecule has 0 aliphatic carbocycles. The van der Waals surface area contributed by atoms with E-state index in [1.54, 1.807) is 0 Å². The normalized spacial score (nSPS) is 14.6. The minimum Gasteiger partial charge on any atom is -0.415 e. The van der Waals surface area contributed by atoms with Crippen molar-refractivity contribution >= 4 is 22.7 Å². The van der Waals surface area contributed by atoms with Crippen LogP contribution in [-0.4, -0.2) is 48.0 Å². The van der Waals surface area contributed by atoms with Crippen molar-refractivity contribution < 1.29 is 13.6 Å². The molecule has 2 rings (SSSR count). The molecular formula is C31H52N2O3Si2. The van der Waals surface area contributed by atoms with E-state index in [1.165, 1.54) is 11.1 Å². The van der Waals surface area contributed by atoms with Gasteiger partial charge in [-0.05, 0) is 60.2 Å². The Morgan fingerprint density at radius 3 is 1.26 bits per heavy atom. The van der Waals surface area contributed by atoms with Crippen LogP contribution in [0.5, 0.6) is 0 Å². The van der Waals surface area contributed by atoms with Crippen LogP contribution in [0.15, 0.2) is 60.7 Å². The molecule has 0 bridgehead atoms. The molecular weight excluding hydrogens is 505 g/mol. The highest BCUT2D eigenvalue weighted by atomic mass is 28.4. The molecule has 0 saturated heterocycles. The van der Waals surface area contributed by atoms with Gasteiger partial charge in [0, 0.05) is 0 Å². The summed E-state index contributed by atoms with van der Waals surface area (Å²) in [6.45, 7) is 23.4. The van der Waals surface area contributed by atoms with Crippen LogP contribution in [0.1, 0.15) is 52.7 Å². The average Bonchev–Trinajstić information content (AvgIpc) is 2.81. The predicted molar refractivity (Wildman–Crippen MR) is 166 cm³/mol. The van der Waals surface area contributed by atoms with Gasteiger partial charge >= 0.3 is 6.03 Å². The molecule has 212 valence electrons. The van der Waals surface area contributed by atoms with Crippen molar-refractivity contribution in [3.63, 3.8) is 0 Å². The molecule has 0 aliphatic heterocycles. The molecule has 0 aromatic heterocycles. The van der Waals surface area contributed by atoms with Crippen LogP contribution < -0.4 is 10.6 Å². The average molecular weight is 557 g/mol. The summed E-state index contributed by atoms with van der Waals surface area (Å²) >= 11 is 0. The molecule has 0 fully saturated rings. The second kappa shape index (κ2) is 13.4. The van der Waals surface area contributed by atoms with Crippen molar-refractivity contribution in [1.29, 1.82) is 0 Å². The fraction of sp³-hybridized carbons (Fsp3) is 0.581. The van der Waals surface area contributed by atoms with E-state index in [2.05, 4.69) is 103 Å². The number of urea groups is 1. The lowest BCUT2D eigenvalue weighted by molar-refractivity contribution is 0.202. The van der Waals surface area contributed by atoms with Gasteiger partial charge in [-0.3, -0.25) is 0 Å². The van der Waals surface area contributed by atoms with Crippen molar-refractivity contribution in [3.05, 3.63) is 71.8 Å². The number of hydrogen-bond acceptors (Lipinski definition) is 3. The van der Waals surface area contributed by atoms with Crippen LogP contribution in [0, 0.1) is 0 Å². The molecule has 2 aromatic rings. The first-order valence-corrected chi connectivity index (χ1v) is 19.7. The van der Waals surface area contributed by atoms with Gasteiger partial charge in [0.1, 0.15) is 0 Å². The Balaban J connectivity index is 2.15. The molecule has 2 N–H and O–H groups in total. The SMILES string of the molecule is CC(C)(C)[Si](C)(C)OCC(Cc1ccccc1)NC(=O)NC(CO[Si](C)(C)C(C)(C)C)Cc1ccccc1. The topological polar surface area (TPSA) is 59.6 Å². The Hall–Kier alpha value is -1.94. The van der Waals surface area contributed by atoms with Crippen molar-refractivity contribution in [3.8, 4) is 0 Å². The molecule has 2 atom stereocenters. The molecule has 38 heavy (non-hydrogen) atoms. The van der Waals surface area contributed by atoms with Crippen LogP contribution in [0.2, 0.25) is 36.3 Å². The van der Waals surface area contributed by atoms with Gasteiger partial charge in [0.05, 0.1) is 25.3 Å². The van der Waals surface area contributed by atoms with E-state index in [-0.39, 0.29) is 28.2 Å². The summed E-state index contributed by atoms with van der Waals surface area (Å²) in [6.07, 6.45) is 1.43. The highest BCUT2D eigenvalue weighted by Crippen LogP contribution is 2.37. The zero-order chi connectivity index (χ0) is 28.6. The van der Waals surface area contributed by atoms with E-state index in [0.717, 1.165) is 0 Å². The molecule has 2 unspecified atom stereocenters. The predicted octanol–water partition coefficient (Wildman–Crippen LogP) is 7.55. The summed E-state index contributed by atoms with van der Waals surface area (Å²) in [4.78, 5) is 13.4. The molecule has 0 radical (unpaired) electrons. The van der Waals surface area contributed by atoms with Gasteiger partial charge in [0.2, 0.25) is 0 Å². The van der Waals surface area contributed by atoms with Crippen molar-refractivity contribution in [2.75, 3.05) is 13.2 Å². The first-order valence-electron chi connectivity index (χ1n) is 13.9. The van der Waals surface area contributed by atoms with Gasteiger partial charge in [-0.2, -0.15) is 0 Å². The van der Waals surface area contributed by atoms with E-state index in [0.29, 0.717) is 26.1 Å². The lowest BCUT2D eigenvalue weighted by Crippen LogP contribution is -2.53. The second-order valence-electron chi connectivity index (χ2n) is 13.5. The zero-order valence-corrected chi connectivity index (χ0v) is 27.5. The van der Waals surface area contributed by atoms with E-state index in [1.807, 2.05) is 36.4 Å². The number of carbonyl (C=O) groups excluding carboxylic acids is 1. The Morgan fingerprint density at radius 2 is 0.974 bits per heavy atom. The molecule has 0 heterocycles. The Kier molecular flexibility index (Phi) is 11.4. The molecule has 0 aliphatic rings. The zero-order valence-electron chi connectivity index (χ0n) is 25.5. The van der Waals surface area contributed by atoms with Gasteiger partial charge in [-0.15, -0.1) is 0 Å². The van der Waals surface area contributed by atoms with Crippen LogP contribution in [-0.2, 0) is 21.7 Å². The second-order valence-corrected chi connectivity index (χ2v) is 23.2. The van der Waals surface area contributed by atoms with Gasteiger partial charge in [0.15, 0.2) is 16.6 Å². The summed E-state index contributed by atoms with van der Waals surface area (Å²) < 4.78 is 13.1. The number of carbonyl (C=O) groups is 1. The number of amides is 2. The van der Waals surface area contributed by atoms with E-state index in [9.17, 15) is 4.79 Å². The maximum atomic E-state index is 13.4. The Morgan fingerprint density at radius 1 is 0.658 bits per heavy atom. The highest BCUT2D eigenvalue weighted by molar-refractivity contribution is 6.74. The molecule has 0 spiro atoms. The van der Waals surface area contributed by atoms with Crippen molar-refractivity contribution in [1.82, 2.24) is 10.6 Å². The summed E-state index contributed by atoms with van der Waals surface area (Å²) in [7, 11) is -3.92. The molecule has 0 saturated carbocycles. The lowest BCUT2D eigenvalue weighted by atomic mass is 10.1. The summed E-state index contributed by atoms with van der Waals surface area (Å²) in [5.41, 5.74) is 2.36. The van der Waals surface area contributed by atoms with Crippen LogP contribution in [0.3, 0.4) is 0 Å². The standard InChI is InChI=1S/C31H52N2O3Si2/c1-30(2,3)37(7,8)35-23-27(21-25-17-13-11-14-18-25)32-29(34)33-28(22-26-19-15-12-16-20-26)24-36-38(9,10)31(4,5)6/h11-20,27-28H,21-24H2,1-10H3,(H2,32,33,34). The summed E-state index contributed by atoms with van der Waals surface area (Å²) in [5, 5.41) is 6.68. The quantitative estimate of drug-likeness (QED) is 0.265. The minimum absolute atomic E-state index is 0.106. The van der Waals surface area contributed by atoms with Gasteiger partial charge < -0.3 is 19.5 Å². The van der Waals surface area contributed by atoms with E-state index < -0.39 is 16.6 Å². The maximum Gasteiger partial charge on any atom is 0.315 e. The van der Waals surface area contributed by atoms with Crippen LogP contribution in [0.4, 0.5) is 4.79 Å². The lowest BCUT2D eigenvalue weighted by Gasteiger charge is -2.38. The van der Waals surface area contributed by atoms with Gasteiger partial charge in [0.25, 0.3) is 0 Å². The van der Waals surface area contributed by atoms with Gasteiger partial charge in [-0.1, -0.05) is 102 Å². The van der Waals surface area contributed by atoms with E-state index >= 15 is 0 Å². The fourth-order valence-electron chi connectivity index (χ4n) is 3.56. The third-order valence-corrected chi connectivity index (χ3v) is 17.2. The third kappa shape index (κ3) is 10.3. The van der Waals surface area contributed by atoms with Crippen molar-refractivity contribution in [2.24, 2.45) is 0 Å². The fourth-order valence-corrected chi connectivity index (χ4v) is 5.67. The Bertz CT molecular complexity index is 904. The highest BCUT2D eigenvalue weighted by Gasteiger charge is 2.39. The summed E-state index contributed by atoms with van der Waals surface area (Å²) in [6, 6.07) is 20.1. The number of nitrogens with one attached hydrogen (secondary N) is 2. The minimum atomic E-state index is -1.96. The molecule has 2 aromatic carbocycles. The smallest absolute Gasteiger partial charge is 0.315 e. The number of rotatable bonds is 12.